The highest BCUT2D eigenvalue weighted by molar-refractivity contribution is 7.98. The molecule has 0 atom stereocenters. The molecule has 4 heteroatoms. The molecule has 0 aromatic carbocycles. The summed E-state index contributed by atoms with van der Waals surface area (Å²) in [4.78, 5) is 0. The molecule has 9 heavy (non-hydrogen) atoms. The van der Waals surface area contributed by atoms with E-state index in [4.69, 9.17) is 10.2 Å². The fourth-order valence-corrected chi connectivity index (χ4v) is 0.932. The number of rotatable bonds is 4. The second-order valence-electron chi connectivity index (χ2n) is 1.45. The third-order valence-electron chi connectivity index (χ3n) is 0.668. The highest BCUT2D eigenvalue weighted by Gasteiger charge is 1.86. The summed E-state index contributed by atoms with van der Waals surface area (Å²) in [6, 6.07) is 0. The lowest BCUT2D eigenvalue weighted by Gasteiger charge is -1.95. The number of aliphatic hydroxyl groups is 2. The zero-order valence-electron chi connectivity index (χ0n) is 5.37. The summed E-state index contributed by atoms with van der Waals surface area (Å²) in [6.45, 7) is 0.372. The molecule has 0 aromatic rings. The summed E-state index contributed by atoms with van der Waals surface area (Å²) in [5.41, 5.74) is 0. The minimum Gasteiger partial charge on any atom is -0.396 e. The van der Waals surface area contributed by atoms with Gasteiger partial charge < -0.3 is 14.9 Å². The van der Waals surface area contributed by atoms with Gasteiger partial charge in [0.2, 0.25) is 0 Å². The Labute approximate surface area is 58.2 Å². The standard InChI is InChI=1S/C5H12O3S/c1-8-4-5(7)9-3-2-6/h6-7,9H,2-4H2,1H3. The predicted octanol–water partition coefficient (Wildman–Crippen LogP) is -0.221. The van der Waals surface area contributed by atoms with Gasteiger partial charge in [-0.2, -0.15) is 11.4 Å². The van der Waals surface area contributed by atoms with Gasteiger partial charge in [-0.1, -0.05) is 0 Å². The number of aliphatic hydroxyl groups excluding tert-OH is 2. The van der Waals surface area contributed by atoms with Gasteiger partial charge in [-0.15, -0.1) is 0 Å². The van der Waals surface area contributed by atoms with Crippen molar-refractivity contribution in [2.75, 3.05) is 26.1 Å². The molecule has 0 bridgehead atoms. The number of hydrogen-bond acceptors (Lipinski definition) is 2. The summed E-state index contributed by atoms with van der Waals surface area (Å²) < 4.78 is 4.63. The van der Waals surface area contributed by atoms with Crippen molar-refractivity contribution in [1.82, 2.24) is 0 Å². The summed E-state index contributed by atoms with van der Waals surface area (Å²) >= 11 is 0.754. The van der Waals surface area contributed by atoms with Gasteiger partial charge in [0.1, 0.15) is 0 Å². The molecule has 0 saturated carbocycles. The molecule has 56 valence electrons. The molecular formula is C5H12O3S. The average Bonchev–Trinajstić information content (AvgIpc) is 1.85. The fourth-order valence-electron chi connectivity index (χ4n) is 0.354. The molecule has 0 radical (unpaired) electrons. The first-order valence-electron chi connectivity index (χ1n) is 2.63. The second kappa shape index (κ2) is 6.22. The van der Waals surface area contributed by atoms with Crippen molar-refractivity contribution in [3.8, 4) is 0 Å². The Morgan fingerprint density at radius 2 is 2.33 bits per heavy atom. The van der Waals surface area contributed by atoms with Crippen molar-refractivity contribution < 1.29 is 14.9 Å². The third kappa shape index (κ3) is 5.98. The Balaban J connectivity index is 3.30. The number of ether oxygens (including phenoxy) is 1. The van der Waals surface area contributed by atoms with Crippen molar-refractivity contribution in [3.05, 3.63) is 0 Å². The molecule has 0 aliphatic heterocycles. The van der Waals surface area contributed by atoms with E-state index in [0.717, 1.165) is 11.4 Å². The van der Waals surface area contributed by atoms with E-state index in [2.05, 4.69) is 4.74 Å². The van der Waals surface area contributed by atoms with Crippen molar-refractivity contribution in [2.45, 2.75) is 0 Å². The highest BCUT2D eigenvalue weighted by atomic mass is 32.1. The first kappa shape index (κ1) is 9.10. The Kier molecular flexibility index (Phi) is 6.29. The summed E-state index contributed by atoms with van der Waals surface area (Å²) in [6.07, 6.45) is 0. The van der Waals surface area contributed by atoms with Crippen LogP contribution in [0.2, 0.25) is 0 Å². The van der Waals surface area contributed by atoms with Gasteiger partial charge in [0, 0.05) is 12.9 Å². The molecule has 0 amide bonds. The van der Waals surface area contributed by atoms with E-state index in [0.29, 0.717) is 5.75 Å². The molecule has 0 spiro atoms. The van der Waals surface area contributed by atoms with Crippen LogP contribution in [0, 0.1) is 0 Å². The normalized spacial score (nSPS) is 13.0. The summed E-state index contributed by atoms with van der Waals surface area (Å²) in [5, 5.41) is 17.4. The molecule has 0 heterocycles. The van der Waals surface area contributed by atoms with E-state index < -0.39 is 0 Å². The molecule has 0 saturated heterocycles. The van der Waals surface area contributed by atoms with Crippen molar-refractivity contribution in [2.24, 2.45) is 0 Å². The molecule has 0 aliphatic carbocycles. The van der Waals surface area contributed by atoms with Gasteiger partial charge in [-0.05, 0) is 0 Å². The largest absolute Gasteiger partial charge is 0.396 e. The molecule has 0 aliphatic rings. The first-order valence-corrected chi connectivity index (χ1v) is 3.71. The van der Waals surface area contributed by atoms with Crippen LogP contribution in [-0.4, -0.2) is 41.3 Å². The van der Waals surface area contributed by atoms with E-state index in [-0.39, 0.29) is 18.3 Å². The first-order chi connectivity index (χ1) is 4.31. The average molecular weight is 152 g/mol. The molecule has 2 N–H and O–H groups in total. The molecule has 3 nitrogen and oxygen atoms in total. The number of thiol groups is 1. The van der Waals surface area contributed by atoms with Gasteiger partial charge in [0.25, 0.3) is 0 Å². The van der Waals surface area contributed by atoms with Crippen LogP contribution in [0.3, 0.4) is 0 Å². The molecule has 0 fully saturated rings. The monoisotopic (exact) mass is 152 g/mol. The van der Waals surface area contributed by atoms with Crippen LogP contribution in [0.1, 0.15) is 0 Å². The van der Waals surface area contributed by atoms with E-state index in [1.54, 1.807) is 0 Å². The molecule has 0 unspecified atom stereocenters. The minimum atomic E-state index is 0.106. The van der Waals surface area contributed by atoms with E-state index in [9.17, 15) is 0 Å². The Morgan fingerprint density at radius 1 is 1.67 bits per heavy atom. The zero-order chi connectivity index (χ0) is 7.11. The van der Waals surface area contributed by atoms with Gasteiger partial charge in [0.15, 0.2) is 0 Å². The zero-order valence-corrected chi connectivity index (χ0v) is 6.27. The third-order valence-corrected chi connectivity index (χ3v) is 1.59. The number of hydrogen-bond donors (Lipinski definition) is 3. The lowest BCUT2D eigenvalue weighted by atomic mass is 10.8. The second-order valence-corrected chi connectivity index (χ2v) is 2.73. The van der Waals surface area contributed by atoms with Crippen molar-refractivity contribution in [1.29, 1.82) is 0 Å². The van der Waals surface area contributed by atoms with E-state index in [1.165, 1.54) is 7.11 Å². The lowest BCUT2D eigenvalue weighted by molar-refractivity contribution is 0.232. The minimum absolute atomic E-state index is 0.106. The van der Waals surface area contributed by atoms with Crippen LogP contribution >= 0.6 is 11.4 Å². The van der Waals surface area contributed by atoms with Crippen molar-refractivity contribution >= 4 is 16.4 Å². The summed E-state index contributed by atoms with van der Waals surface area (Å²) in [5.74, 6) is 0.579. The Hall–Kier alpha value is 0.1000. The highest BCUT2D eigenvalue weighted by Crippen LogP contribution is 1.87. The quantitative estimate of drug-likeness (QED) is 0.385. The van der Waals surface area contributed by atoms with E-state index in [1.807, 2.05) is 0 Å². The maximum Gasteiger partial charge on any atom is 0.0975 e. The fraction of sp³-hybridized carbons (Fsp3) is 0.800. The Bertz CT molecular complexity index is 92.2. The molecular weight excluding hydrogens is 140 g/mol. The maximum atomic E-state index is 8.85. The smallest absolute Gasteiger partial charge is 0.0975 e. The maximum absolute atomic E-state index is 8.85. The van der Waals surface area contributed by atoms with Gasteiger partial charge >= 0.3 is 0 Å². The van der Waals surface area contributed by atoms with Crippen LogP contribution in [0.5, 0.6) is 0 Å². The van der Waals surface area contributed by atoms with Gasteiger partial charge in [0.05, 0.1) is 18.3 Å². The van der Waals surface area contributed by atoms with Crippen LogP contribution in [-0.2, 0) is 4.74 Å². The Morgan fingerprint density at radius 3 is 2.78 bits per heavy atom. The van der Waals surface area contributed by atoms with Crippen molar-refractivity contribution in [3.63, 3.8) is 0 Å². The van der Waals surface area contributed by atoms with Crippen LogP contribution in [0.25, 0.3) is 0 Å². The predicted molar refractivity (Wildman–Crippen MR) is 40.5 cm³/mol. The topological polar surface area (TPSA) is 49.7 Å². The van der Waals surface area contributed by atoms with Gasteiger partial charge in [-0.25, -0.2) is 0 Å². The molecule has 0 rings (SSSR count). The molecule has 0 aromatic heterocycles. The van der Waals surface area contributed by atoms with E-state index >= 15 is 0 Å². The number of methoxy groups -OCH3 is 1. The lowest BCUT2D eigenvalue weighted by Crippen LogP contribution is -2.03. The van der Waals surface area contributed by atoms with Gasteiger partial charge in [-0.3, -0.25) is 0 Å². The van der Waals surface area contributed by atoms with Crippen LogP contribution < -0.4 is 0 Å². The summed E-state index contributed by atoms with van der Waals surface area (Å²) in [7, 11) is 1.52. The SMILES string of the molecule is COCC(O)=[SH]CCO. The van der Waals surface area contributed by atoms with Crippen LogP contribution in [0.15, 0.2) is 0 Å². The van der Waals surface area contributed by atoms with Crippen LogP contribution in [0.4, 0.5) is 0 Å².